The first-order chi connectivity index (χ1) is 13.4. The maximum atomic E-state index is 14.1. The first kappa shape index (κ1) is 19.7. The maximum Gasteiger partial charge on any atom is 0.331 e. The van der Waals surface area contributed by atoms with Crippen LogP contribution in [0.3, 0.4) is 0 Å². The molecule has 1 aliphatic rings. The number of aromatic nitrogens is 1. The average molecular weight is 403 g/mol. The number of rotatable bonds is 7. The van der Waals surface area contributed by atoms with E-state index in [4.69, 9.17) is 4.74 Å². The van der Waals surface area contributed by atoms with Crippen LogP contribution in [-0.2, 0) is 19.1 Å². The minimum Gasteiger partial charge on any atom is -0.452 e. The van der Waals surface area contributed by atoms with Crippen molar-refractivity contribution in [3.05, 3.63) is 47.2 Å². The number of anilines is 2. The number of hydrogen-bond donors (Lipinski definition) is 1. The number of ether oxygens (including phenoxy) is 1. The summed E-state index contributed by atoms with van der Waals surface area (Å²) >= 11 is 1.13. The third-order valence-corrected chi connectivity index (χ3v) is 4.63. The second-order valence-corrected chi connectivity index (χ2v) is 6.98. The molecule has 1 fully saturated rings. The van der Waals surface area contributed by atoms with Crippen LogP contribution in [0.1, 0.15) is 25.5 Å². The predicted molar refractivity (Wildman–Crippen MR) is 102 cm³/mol. The monoisotopic (exact) mass is 403 g/mol. The highest BCUT2D eigenvalue weighted by Gasteiger charge is 2.23. The normalized spacial score (nSPS) is 13.4. The van der Waals surface area contributed by atoms with Crippen molar-refractivity contribution in [1.82, 2.24) is 10.3 Å². The Morgan fingerprint density at radius 3 is 2.79 bits per heavy atom. The summed E-state index contributed by atoms with van der Waals surface area (Å²) in [5.74, 6) is -1.95. The molecule has 1 aromatic heterocycles. The van der Waals surface area contributed by atoms with Crippen LogP contribution < -0.4 is 10.2 Å². The smallest absolute Gasteiger partial charge is 0.331 e. The number of nitrogens with zero attached hydrogens (tertiary/aromatic N) is 2. The van der Waals surface area contributed by atoms with Gasteiger partial charge in [0, 0.05) is 24.4 Å². The molecule has 1 aromatic carbocycles. The molecule has 0 aliphatic heterocycles. The first-order valence-corrected chi connectivity index (χ1v) is 9.47. The molecule has 1 N–H and O–H groups in total. The molecule has 1 heterocycles. The number of amides is 2. The van der Waals surface area contributed by atoms with Gasteiger partial charge in [-0.15, -0.1) is 11.3 Å². The summed E-state index contributed by atoms with van der Waals surface area (Å²) in [6, 6.07) is 6.10. The first-order valence-electron chi connectivity index (χ1n) is 8.59. The predicted octanol–water partition coefficient (Wildman–Crippen LogP) is 2.80. The standard InChI is InChI=1S/C19H18FN3O4S/c1-12(24)23(16-5-3-2-4-15(16)20)19-22-14(11-28-19)8-9-18(26)27-10-17(25)21-13-6-7-13/h2-5,8-9,11,13H,6-7,10H2,1H3,(H,21,25)/b9-8+. The highest BCUT2D eigenvalue weighted by Crippen LogP contribution is 2.30. The summed E-state index contributed by atoms with van der Waals surface area (Å²) in [4.78, 5) is 40.6. The van der Waals surface area contributed by atoms with Crippen LogP contribution in [0.15, 0.2) is 35.7 Å². The molecular formula is C19H18FN3O4S. The number of thiazole rings is 1. The van der Waals surface area contributed by atoms with E-state index in [-0.39, 0.29) is 29.4 Å². The molecule has 0 radical (unpaired) electrons. The van der Waals surface area contributed by atoms with Crippen LogP contribution in [-0.4, -0.2) is 35.4 Å². The van der Waals surface area contributed by atoms with Crippen molar-refractivity contribution < 1.29 is 23.5 Å². The molecule has 1 saturated carbocycles. The summed E-state index contributed by atoms with van der Waals surface area (Å²) in [5.41, 5.74) is 0.503. The molecule has 7 nitrogen and oxygen atoms in total. The molecule has 0 unspecified atom stereocenters. The Labute approximate surface area is 164 Å². The maximum absolute atomic E-state index is 14.1. The minimum absolute atomic E-state index is 0.0981. The Balaban J connectivity index is 1.62. The van der Waals surface area contributed by atoms with Crippen LogP contribution in [0.2, 0.25) is 0 Å². The van der Waals surface area contributed by atoms with Gasteiger partial charge in [0.25, 0.3) is 5.91 Å². The van der Waals surface area contributed by atoms with Crippen molar-refractivity contribution in [2.75, 3.05) is 11.5 Å². The average Bonchev–Trinajstić information content (AvgIpc) is 3.35. The molecule has 1 aliphatic carbocycles. The Kier molecular flexibility index (Phi) is 6.15. The van der Waals surface area contributed by atoms with Crippen molar-refractivity contribution in [2.45, 2.75) is 25.8 Å². The molecule has 0 saturated heterocycles. The van der Waals surface area contributed by atoms with E-state index >= 15 is 0 Å². The largest absolute Gasteiger partial charge is 0.452 e. The number of carbonyl (C=O) groups excluding carboxylic acids is 3. The fourth-order valence-corrected chi connectivity index (χ4v) is 3.18. The van der Waals surface area contributed by atoms with Crippen molar-refractivity contribution in [3.8, 4) is 0 Å². The van der Waals surface area contributed by atoms with E-state index in [9.17, 15) is 18.8 Å². The van der Waals surface area contributed by atoms with E-state index in [1.54, 1.807) is 11.4 Å². The lowest BCUT2D eigenvalue weighted by molar-refractivity contribution is -0.143. The van der Waals surface area contributed by atoms with Gasteiger partial charge in [-0.2, -0.15) is 0 Å². The lowest BCUT2D eigenvalue weighted by Crippen LogP contribution is -2.30. The van der Waals surface area contributed by atoms with Crippen LogP contribution in [0.4, 0.5) is 15.2 Å². The number of para-hydroxylation sites is 1. The summed E-state index contributed by atoms with van der Waals surface area (Å²) in [5, 5.41) is 4.60. The van der Waals surface area contributed by atoms with Crippen LogP contribution in [0.25, 0.3) is 6.08 Å². The highest BCUT2D eigenvalue weighted by molar-refractivity contribution is 7.14. The third-order valence-electron chi connectivity index (χ3n) is 3.79. The molecule has 28 heavy (non-hydrogen) atoms. The zero-order chi connectivity index (χ0) is 20.1. The molecule has 0 bridgehead atoms. The van der Waals surface area contributed by atoms with Crippen LogP contribution >= 0.6 is 11.3 Å². The van der Waals surface area contributed by atoms with Gasteiger partial charge in [-0.05, 0) is 31.1 Å². The minimum atomic E-state index is -0.682. The molecule has 2 aromatic rings. The summed E-state index contributed by atoms with van der Waals surface area (Å²) in [6.45, 7) is 0.973. The molecular weight excluding hydrogens is 385 g/mol. The Morgan fingerprint density at radius 1 is 1.36 bits per heavy atom. The lowest BCUT2D eigenvalue weighted by Gasteiger charge is -2.18. The summed E-state index contributed by atoms with van der Waals surface area (Å²) in [7, 11) is 0. The summed E-state index contributed by atoms with van der Waals surface area (Å²) < 4.78 is 18.9. The van der Waals surface area contributed by atoms with E-state index in [1.807, 2.05) is 0 Å². The van der Waals surface area contributed by atoms with Gasteiger partial charge in [-0.3, -0.25) is 14.5 Å². The van der Waals surface area contributed by atoms with Crippen molar-refractivity contribution in [1.29, 1.82) is 0 Å². The van der Waals surface area contributed by atoms with E-state index in [0.29, 0.717) is 5.69 Å². The van der Waals surface area contributed by atoms with Crippen molar-refractivity contribution in [3.63, 3.8) is 0 Å². The zero-order valence-electron chi connectivity index (χ0n) is 15.1. The molecule has 9 heteroatoms. The fraction of sp³-hybridized carbons (Fsp3) is 0.263. The number of hydrogen-bond acceptors (Lipinski definition) is 6. The van der Waals surface area contributed by atoms with Crippen molar-refractivity contribution >= 4 is 46.0 Å². The molecule has 3 rings (SSSR count). The van der Waals surface area contributed by atoms with Gasteiger partial charge in [-0.25, -0.2) is 14.2 Å². The molecule has 0 spiro atoms. The Morgan fingerprint density at radius 2 is 2.11 bits per heavy atom. The number of carbonyl (C=O) groups is 3. The van der Waals surface area contributed by atoms with E-state index in [1.165, 1.54) is 31.2 Å². The second kappa shape index (κ2) is 8.75. The van der Waals surface area contributed by atoms with E-state index in [2.05, 4.69) is 10.3 Å². The quantitative estimate of drug-likeness (QED) is 0.567. The van der Waals surface area contributed by atoms with Gasteiger partial charge >= 0.3 is 5.97 Å². The number of nitrogens with one attached hydrogen (secondary N) is 1. The molecule has 0 atom stereocenters. The van der Waals surface area contributed by atoms with Gasteiger partial charge in [0.2, 0.25) is 5.91 Å². The highest BCUT2D eigenvalue weighted by atomic mass is 32.1. The van der Waals surface area contributed by atoms with Gasteiger partial charge in [-0.1, -0.05) is 12.1 Å². The second-order valence-electron chi connectivity index (χ2n) is 6.14. The fourth-order valence-electron chi connectivity index (χ4n) is 2.33. The summed E-state index contributed by atoms with van der Waals surface area (Å²) in [6.07, 6.45) is 4.46. The number of halogens is 1. The zero-order valence-corrected chi connectivity index (χ0v) is 15.9. The van der Waals surface area contributed by atoms with Gasteiger partial charge in [0.05, 0.1) is 11.4 Å². The van der Waals surface area contributed by atoms with Gasteiger partial charge in [0.15, 0.2) is 11.7 Å². The van der Waals surface area contributed by atoms with E-state index < -0.39 is 17.7 Å². The molecule has 2 amide bonds. The van der Waals surface area contributed by atoms with Gasteiger partial charge < -0.3 is 10.1 Å². The van der Waals surface area contributed by atoms with Gasteiger partial charge in [0.1, 0.15) is 5.82 Å². The Hall–Kier alpha value is -3.07. The van der Waals surface area contributed by atoms with Crippen LogP contribution in [0, 0.1) is 5.82 Å². The number of esters is 1. The molecule has 146 valence electrons. The van der Waals surface area contributed by atoms with Crippen LogP contribution in [0.5, 0.6) is 0 Å². The Bertz CT molecular complexity index is 923. The third kappa shape index (κ3) is 5.23. The number of benzene rings is 1. The van der Waals surface area contributed by atoms with E-state index in [0.717, 1.165) is 35.2 Å². The SMILES string of the molecule is CC(=O)N(c1nc(/C=C/C(=O)OCC(=O)NC2CC2)cs1)c1ccccc1F. The lowest BCUT2D eigenvalue weighted by atomic mass is 10.3. The topological polar surface area (TPSA) is 88.6 Å². The van der Waals surface area contributed by atoms with Crippen molar-refractivity contribution in [2.24, 2.45) is 0 Å².